The third-order valence-electron chi connectivity index (χ3n) is 10.0. The van der Waals surface area contributed by atoms with Gasteiger partial charge in [-0.15, -0.1) is 0 Å². The van der Waals surface area contributed by atoms with Crippen molar-refractivity contribution in [2.75, 3.05) is 13.2 Å². The summed E-state index contributed by atoms with van der Waals surface area (Å²) in [6.45, 7) is 6.35. The van der Waals surface area contributed by atoms with Crippen LogP contribution in [0.25, 0.3) is 0 Å². The Labute approximate surface area is 240 Å². The van der Waals surface area contributed by atoms with Gasteiger partial charge in [-0.25, -0.2) is 4.79 Å². The van der Waals surface area contributed by atoms with Crippen LogP contribution in [0.3, 0.4) is 0 Å². The SMILES string of the molecule is C=CC(=O)OCCC(CCO)CCCc1ccc(C2CCC(CCC3CCC(CCCCC)CC3)CC2)cc1. The fourth-order valence-corrected chi connectivity index (χ4v) is 7.30. The maximum atomic E-state index is 11.2. The summed E-state index contributed by atoms with van der Waals surface area (Å²) < 4.78 is 5.13. The van der Waals surface area contributed by atoms with E-state index in [-0.39, 0.29) is 12.6 Å². The molecule has 1 N–H and O–H groups in total. The first-order valence-corrected chi connectivity index (χ1v) is 16.6. The third-order valence-corrected chi connectivity index (χ3v) is 10.0. The molecule has 3 nitrogen and oxygen atoms in total. The molecule has 1 atom stereocenters. The Morgan fingerprint density at radius 1 is 0.872 bits per heavy atom. The van der Waals surface area contributed by atoms with E-state index >= 15 is 0 Å². The van der Waals surface area contributed by atoms with Gasteiger partial charge in [0.15, 0.2) is 0 Å². The first-order valence-electron chi connectivity index (χ1n) is 16.6. The second-order valence-corrected chi connectivity index (χ2v) is 12.8. The molecule has 0 amide bonds. The molecule has 0 saturated heterocycles. The minimum Gasteiger partial charge on any atom is -0.463 e. The Morgan fingerprint density at radius 3 is 2.08 bits per heavy atom. The van der Waals surface area contributed by atoms with Gasteiger partial charge in [0.25, 0.3) is 0 Å². The monoisotopic (exact) mass is 538 g/mol. The van der Waals surface area contributed by atoms with Crippen molar-refractivity contribution in [3.8, 4) is 0 Å². The molecule has 0 aliphatic heterocycles. The summed E-state index contributed by atoms with van der Waals surface area (Å²) in [6, 6.07) is 9.46. The molecule has 1 unspecified atom stereocenters. The van der Waals surface area contributed by atoms with Gasteiger partial charge in [-0.1, -0.05) is 102 Å². The fraction of sp³-hybridized carbons (Fsp3) is 0.750. The number of aliphatic hydroxyl groups excluding tert-OH is 1. The molecule has 0 bridgehead atoms. The lowest BCUT2D eigenvalue weighted by Gasteiger charge is -2.32. The standard InChI is InChI=1S/C36H58O3/c1-3-5-6-8-29-11-13-32(14-12-29)15-16-33-19-23-35(24-20-33)34-21-17-30(18-22-34)9-7-10-31(25-27-37)26-28-39-36(38)4-2/h4,17-18,21-22,29,31-33,35,37H,2-3,5-16,19-20,23-28H2,1H3. The molecule has 2 fully saturated rings. The number of carbonyl (C=O) groups excluding carboxylic acids is 1. The van der Waals surface area contributed by atoms with Crippen molar-refractivity contribution in [1.29, 1.82) is 0 Å². The van der Waals surface area contributed by atoms with Crippen LogP contribution >= 0.6 is 0 Å². The summed E-state index contributed by atoms with van der Waals surface area (Å²) in [5.41, 5.74) is 2.95. The van der Waals surface area contributed by atoms with E-state index in [9.17, 15) is 9.90 Å². The molecule has 0 aromatic heterocycles. The average Bonchev–Trinajstić information content (AvgIpc) is 2.97. The van der Waals surface area contributed by atoms with E-state index in [1.165, 1.54) is 102 Å². The molecule has 2 aliphatic rings. The van der Waals surface area contributed by atoms with Crippen LogP contribution < -0.4 is 0 Å². The summed E-state index contributed by atoms with van der Waals surface area (Å²) in [5, 5.41) is 9.38. The minimum absolute atomic E-state index is 0.192. The molecular formula is C36H58O3. The predicted octanol–water partition coefficient (Wildman–Crippen LogP) is 9.57. The van der Waals surface area contributed by atoms with Gasteiger partial charge in [-0.3, -0.25) is 0 Å². The van der Waals surface area contributed by atoms with E-state index in [0.29, 0.717) is 12.5 Å². The largest absolute Gasteiger partial charge is 0.463 e. The number of aryl methyl sites for hydroxylation is 1. The highest BCUT2D eigenvalue weighted by Crippen LogP contribution is 2.40. The minimum atomic E-state index is -0.364. The zero-order valence-corrected chi connectivity index (χ0v) is 25.1. The zero-order chi connectivity index (χ0) is 27.7. The molecule has 2 aliphatic carbocycles. The maximum absolute atomic E-state index is 11.2. The summed E-state index contributed by atoms with van der Waals surface area (Å²) in [4.78, 5) is 11.2. The molecule has 0 spiro atoms. The van der Waals surface area contributed by atoms with Crippen molar-refractivity contribution in [2.45, 2.75) is 135 Å². The van der Waals surface area contributed by atoms with Crippen molar-refractivity contribution >= 4 is 5.97 Å². The molecule has 2 saturated carbocycles. The van der Waals surface area contributed by atoms with E-state index in [1.54, 1.807) is 5.56 Å². The molecule has 3 heteroatoms. The molecule has 220 valence electrons. The van der Waals surface area contributed by atoms with E-state index in [0.717, 1.165) is 55.8 Å². The van der Waals surface area contributed by atoms with E-state index in [4.69, 9.17) is 4.74 Å². The quantitative estimate of drug-likeness (QED) is 0.115. The highest BCUT2D eigenvalue weighted by Gasteiger charge is 2.25. The number of benzene rings is 1. The van der Waals surface area contributed by atoms with Crippen molar-refractivity contribution in [3.63, 3.8) is 0 Å². The second kappa shape index (κ2) is 18.7. The average molecular weight is 539 g/mol. The normalized spacial score (nSPS) is 24.3. The second-order valence-electron chi connectivity index (χ2n) is 12.8. The van der Waals surface area contributed by atoms with Gasteiger partial charge >= 0.3 is 5.97 Å². The summed E-state index contributed by atoms with van der Waals surface area (Å²) in [5.74, 6) is 3.81. The first kappa shape index (κ1) is 31.9. The number of carbonyl (C=O) groups is 1. The zero-order valence-electron chi connectivity index (χ0n) is 25.1. The molecule has 1 aromatic carbocycles. The maximum Gasteiger partial charge on any atom is 0.330 e. The number of esters is 1. The van der Waals surface area contributed by atoms with Crippen LogP contribution in [-0.4, -0.2) is 24.3 Å². The van der Waals surface area contributed by atoms with E-state index < -0.39 is 0 Å². The first-order chi connectivity index (χ1) is 19.1. The van der Waals surface area contributed by atoms with Gasteiger partial charge in [0, 0.05) is 12.7 Å². The Bertz CT molecular complexity index is 784. The highest BCUT2D eigenvalue weighted by molar-refractivity contribution is 5.81. The van der Waals surface area contributed by atoms with Crippen molar-refractivity contribution in [1.82, 2.24) is 0 Å². The number of ether oxygens (including phenoxy) is 1. The van der Waals surface area contributed by atoms with Gasteiger partial charge in [-0.2, -0.15) is 0 Å². The lowest BCUT2D eigenvalue weighted by atomic mass is 9.74. The Balaban J connectivity index is 1.29. The van der Waals surface area contributed by atoms with Gasteiger partial charge in [0.1, 0.15) is 0 Å². The number of rotatable bonds is 18. The molecule has 0 heterocycles. The van der Waals surface area contributed by atoms with Gasteiger partial charge < -0.3 is 9.84 Å². The lowest BCUT2D eigenvalue weighted by molar-refractivity contribution is -0.138. The van der Waals surface area contributed by atoms with Gasteiger partial charge in [0.05, 0.1) is 6.61 Å². The Hall–Kier alpha value is -1.61. The molecule has 0 radical (unpaired) electrons. The van der Waals surface area contributed by atoms with E-state index in [2.05, 4.69) is 37.8 Å². The van der Waals surface area contributed by atoms with Gasteiger partial charge in [0.2, 0.25) is 0 Å². The molecule has 1 aromatic rings. The topological polar surface area (TPSA) is 46.5 Å². The van der Waals surface area contributed by atoms with Crippen molar-refractivity contribution < 1.29 is 14.6 Å². The lowest BCUT2D eigenvalue weighted by Crippen LogP contribution is -2.17. The Morgan fingerprint density at radius 2 is 1.49 bits per heavy atom. The Kier molecular flexibility index (Phi) is 15.3. The van der Waals surface area contributed by atoms with Crippen molar-refractivity contribution in [3.05, 3.63) is 48.0 Å². The number of hydrogen-bond donors (Lipinski definition) is 1. The summed E-state index contributed by atoms with van der Waals surface area (Å²) in [7, 11) is 0. The molecule has 3 rings (SSSR count). The number of unbranched alkanes of at least 4 members (excludes halogenated alkanes) is 2. The fourth-order valence-electron chi connectivity index (χ4n) is 7.30. The van der Waals surface area contributed by atoms with Crippen LogP contribution in [0.1, 0.15) is 140 Å². The van der Waals surface area contributed by atoms with Crippen LogP contribution in [-0.2, 0) is 16.0 Å². The van der Waals surface area contributed by atoms with Crippen molar-refractivity contribution in [2.24, 2.45) is 23.7 Å². The molecule has 39 heavy (non-hydrogen) atoms. The van der Waals surface area contributed by atoms with Crippen LogP contribution in [0, 0.1) is 23.7 Å². The van der Waals surface area contributed by atoms with Crippen LogP contribution in [0.4, 0.5) is 0 Å². The summed E-state index contributed by atoms with van der Waals surface area (Å²) in [6.07, 6.45) is 26.3. The predicted molar refractivity (Wildman–Crippen MR) is 164 cm³/mol. The van der Waals surface area contributed by atoms with E-state index in [1.807, 2.05) is 0 Å². The third kappa shape index (κ3) is 12.2. The van der Waals surface area contributed by atoms with Crippen LogP contribution in [0.2, 0.25) is 0 Å². The highest BCUT2D eigenvalue weighted by atomic mass is 16.5. The molecular weight excluding hydrogens is 480 g/mol. The summed E-state index contributed by atoms with van der Waals surface area (Å²) >= 11 is 0. The number of aliphatic hydroxyl groups is 1. The van der Waals surface area contributed by atoms with Gasteiger partial charge in [-0.05, 0) is 98.5 Å². The van der Waals surface area contributed by atoms with Crippen LogP contribution in [0.15, 0.2) is 36.9 Å². The number of hydrogen-bond acceptors (Lipinski definition) is 3. The van der Waals surface area contributed by atoms with Crippen LogP contribution in [0.5, 0.6) is 0 Å². The smallest absolute Gasteiger partial charge is 0.330 e.